The number of anilines is 2. The first-order chi connectivity index (χ1) is 14.4. The van der Waals surface area contributed by atoms with Crippen LogP contribution in [0.4, 0.5) is 10.8 Å². The molecule has 156 valence electrons. The van der Waals surface area contributed by atoms with Gasteiger partial charge in [0.05, 0.1) is 18.4 Å². The summed E-state index contributed by atoms with van der Waals surface area (Å²) in [7, 11) is 4.51. The lowest BCUT2D eigenvalue weighted by atomic mass is 10.3. The Morgan fingerprint density at radius 1 is 1.23 bits per heavy atom. The second kappa shape index (κ2) is 9.23. The van der Waals surface area contributed by atoms with E-state index in [9.17, 15) is 14.4 Å². The number of carbonyl (C=O) groups excluding carboxylic acids is 1. The fourth-order valence-electron chi connectivity index (χ4n) is 2.53. The van der Waals surface area contributed by atoms with Crippen LogP contribution in [0, 0.1) is 0 Å². The molecule has 0 saturated heterocycles. The summed E-state index contributed by atoms with van der Waals surface area (Å²) in [6, 6.07) is 7.41. The van der Waals surface area contributed by atoms with Crippen molar-refractivity contribution in [3.63, 3.8) is 0 Å². The van der Waals surface area contributed by atoms with Gasteiger partial charge in [0, 0.05) is 37.4 Å². The third kappa shape index (κ3) is 5.03. The summed E-state index contributed by atoms with van der Waals surface area (Å²) in [4.78, 5) is 40.1. The molecule has 0 unspecified atom stereocenters. The lowest BCUT2D eigenvalue weighted by molar-refractivity contribution is -0.139. The number of nitrogens with one attached hydrogen (secondary N) is 1. The Morgan fingerprint density at radius 2 is 1.97 bits per heavy atom. The van der Waals surface area contributed by atoms with Gasteiger partial charge in [-0.25, -0.2) is 14.6 Å². The Balaban J connectivity index is 1.57. The van der Waals surface area contributed by atoms with Crippen LogP contribution in [-0.2, 0) is 30.2 Å². The fourth-order valence-corrected chi connectivity index (χ4v) is 3.25. The number of thiazole rings is 1. The molecule has 3 aromatic rings. The van der Waals surface area contributed by atoms with Gasteiger partial charge in [-0.15, -0.1) is 11.3 Å². The van der Waals surface area contributed by atoms with Gasteiger partial charge in [-0.2, -0.15) is 0 Å². The molecular formula is C20H20N4O5S. The number of hydrogen-bond donors (Lipinski definition) is 1. The average molecular weight is 428 g/mol. The van der Waals surface area contributed by atoms with Gasteiger partial charge in [0.2, 0.25) is 0 Å². The van der Waals surface area contributed by atoms with Gasteiger partial charge in [-0.3, -0.25) is 9.36 Å². The van der Waals surface area contributed by atoms with E-state index in [1.54, 1.807) is 12.5 Å². The van der Waals surface area contributed by atoms with E-state index in [2.05, 4.69) is 10.3 Å². The molecule has 30 heavy (non-hydrogen) atoms. The first kappa shape index (κ1) is 21.1. The van der Waals surface area contributed by atoms with Gasteiger partial charge in [-0.1, -0.05) is 0 Å². The summed E-state index contributed by atoms with van der Waals surface area (Å²) in [5.74, 6) is 0.138. The van der Waals surface area contributed by atoms with Crippen LogP contribution in [0.25, 0.3) is 6.08 Å². The maximum atomic E-state index is 12.0. The minimum Gasteiger partial charge on any atom is -0.497 e. The Hall–Kier alpha value is -3.66. The molecule has 0 radical (unpaired) electrons. The predicted molar refractivity (Wildman–Crippen MR) is 114 cm³/mol. The largest absolute Gasteiger partial charge is 0.497 e. The third-order valence-electron chi connectivity index (χ3n) is 4.13. The van der Waals surface area contributed by atoms with Gasteiger partial charge in [-0.05, 0) is 30.3 Å². The first-order valence-corrected chi connectivity index (χ1v) is 9.72. The molecule has 0 fully saturated rings. The number of hydrogen-bond acceptors (Lipinski definition) is 8. The molecule has 2 heterocycles. The van der Waals surface area contributed by atoms with Crippen molar-refractivity contribution in [3.05, 3.63) is 74.0 Å². The van der Waals surface area contributed by atoms with Crippen molar-refractivity contribution >= 4 is 34.2 Å². The molecule has 3 rings (SSSR count). The summed E-state index contributed by atoms with van der Waals surface area (Å²) >= 11 is 1.38. The monoisotopic (exact) mass is 428 g/mol. The van der Waals surface area contributed by atoms with E-state index in [4.69, 9.17) is 9.47 Å². The molecule has 0 saturated carbocycles. The van der Waals surface area contributed by atoms with Crippen LogP contribution in [0.2, 0.25) is 0 Å². The SMILES string of the molecule is COc1ccc(Nc2nc(COC(=O)C=Cc3cn(C)c(=O)n(C)c3=O)cs2)cc1. The molecule has 1 N–H and O–H groups in total. The maximum absolute atomic E-state index is 12.0. The van der Waals surface area contributed by atoms with Crippen LogP contribution >= 0.6 is 11.3 Å². The number of carbonyl (C=O) groups is 1. The van der Waals surface area contributed by atoms with Crippen LogP contribution in [0.3, 0.4) is 0 Å². The second-order valence-electron chi connectivity index (χ2n) is 6.28. The highest BCUT2D eigenvalue weighted by Crippen LogP contribution is 2.23. The highest BCUT2D eigenvalue weighted by atomic mass is 32.1. The molecule has 2 aromatic heterocycles. The van der Waals surface area contributed by atoms with Crippen LogP contribution in [-0.4, -0.2) is 27.2 Å². The summed E-state index contributed by atoms with van der Waals surface area (Å²) in [5, 5.41) is 5.61. The third-order valence-corrected chi connectivity index (χ3v) is 4.93. The molecule has 0 aliphatic rings. The zero-order valence-electron chi connectivity index (χ0n) is 16.6. The molecule has 0 amide bonds. The molecule has 9 nitrogen and oxygen atoms in total. The molecule has 0 atom stereocenters. The molecule has 0 spiro atoms. The lowest BCUT2D eigenvalue weighted by Gasteiger charge is -2.04. The lowest BCUT2D eigenvalue weighted by Crippen LogP contribution is -2.37. The fraction of sp³-hybridized carbons (Fsp3) is 0.200. The van der Waals surface area contributed by atoms with Crippen molar-refractivity contribution in [3.8, 4) is 5.75 Å². The highest BCUT2D eigenvalue weighted by Gasteiger charge is 2.07. The second-order valence-corrected chi connectivity index (χ2v) is 7.14. The van der Waals surface area contributed by atoms with E-state index in [0.717, 1.165) is 22.1 Å². The Morgan fingerprint density at radius 3 is 2.67 bits per heavy atom. The maximum Gasteiger partial charge on any atom is 0.331 e. The summed E-state index contributed by atoms with van der Waals surface area (Å²) < 4.78 is 12.5. The molecular weight excluding hydrogens is 408 g/mol. The average Bonchev–Trinajstić information content (AvgIpc) is 3.20. The van der Waals surface area contributed by atoms with Crippen LogP contribution < -0.4 is 21.3 Å². The Bertz CT molecular complexity index is 1190. The number of methoxy groups -OCH3 is 1. The predicted octanol–water partition coefficient (Wildman–Crippen LogP) is 2.05. The minimum atomic E-state index is -0.622. The standard InChI is InChI=1S/C20H20N4O5S/c1-23-10-13(18(26)24(2)20(23)27)4-9-17(25)29-11-15-12-30-19(22-15)21-14-5-7-16(28-3)8-6-14/h4-10,12H,11H2,1-3H3,(H,21,22). The van der Waals surface area contributed by atoms with Crippen molar-refractivity contribution in [1.29, 1.82) is 0 Å². The van der Waals surface area contributed by atoms with Crippen molar-refractivity contribution in [2.24, 2.45) is 14.1 Å². The van der Waals surface area contributed by atoms with Gasteiger partial charge < -0.3 is 19.4 Å². The van der Waals surface area contributed by atoms with Crippen molar-refractivity contribution in [2.75, 3.05) is 12.4 Å². The Kier molecular flexibility index (Phi) is 6.48. The van der Waals surface area contributed by atoms with Crippen LogP contribution in [0.15, 0.2) is 51.5 Å². The van der Waals surface area contributed by atoms with Crippen molar-refractivity contribution in [2.45, 2.75) is 6.61 Å². The molecule has 0 bridgehead atoms. The minimum absolute atomic E-state index is 0.00471. The normalized spacial score (nSPS) is 10.9. The van der Waals surface area contributed by atoms with E-state index in [-0.39, 0.29) is 12.2 Å². The van der Waals surface area contributed by atoms with Gasteiger partial charge >= 0.3 is 11.7 Å². The van der Waals surface area contributed by atoms with E-state index in [0.29, 0.717) is 10.8 Å². The number of aryl methyl sites for hydroxylation is 1. The summed E-state index contributed by atoms with van der Waals surface area (Å²) in [6.07, 6.45) is 3.83. The van der Waals surface area contributed by atoms with Crippen molar-refractivity contribution < 1.29 is 14.3 Å². The summed E-state index contributed by atoms with van der Waals surface area (Å²) in [6.45, 7) is -0.00471. The molecule has 0 aliphatic heterocycles. The quantitative estimate of drug-likeness (QED) is 0.454. The Labute approximate surface area is 175 Å². The number of benzene rings is 1. The number of rotatable bonds is 7. The van der Waals surface area contributed by atoms with Crippen LogP contribution in [0.1, 0.15) is 11.3 Å². The van der Waals surface area contributed by atoms with E-state index in [1.807, 2.05) is 24.3 Å². The summed E-state index contributed by atoms with van der Waals surface area (Å²) in [5.41, 5.74) is 0.723. The van der Waals surface area contributed by atoms with E-state index in [1.165, 1.54) is 42.3 Å². The topological polar surface area (TPSA) is 104 Å². The number of esters is 1. The van der Waals surface area contributed by atoms with E-state index >= 15 is 0 Å². The molecule has 10 heteroatoms. The highest BCUT2D eigenvalue weighted by molar-refractivity contribution is 7.13. The zero-order valence-corrected chi connectivity index (χ0v) is 17.4. The number of aromatic nitrogens is 3. The number of ether oxygens (including phenoxy) is 2. The molecule has 0 aliphatic carbocycles. The zero-order chi connectivity index (χ0) is 21.7. The smallest absolute Gasteiger partial charge is 0.331 e. The van der Waals surface area contributed by atoms with E-state index < -0.39 is 17.2 Å². The van der Waals surface area contributed by atoms with Gasteiger partial charge in [0.25, 0.3) is 5.56 Å². The number of nitrogens with zero attached hydrogens (tertiary/aromatic N) is 3. The van der Waals surface area contributed by atoms with Gasteiger partial charge in [0.1, 0.15) is 12.4 Å². The first-order valence-electron chi connectivity index (χ1n) is 8.84. The molecule has 1 aromatic carbocycles. The van der Waals surface area contributed by atoms with Crippen LogP contribution in [0.5, 0.6) is 5.75 Å². The van der Waals surface area contributed by atoms with Gasteiger partial charge in [0.15, 0.2) is 5.13 Å². The van der Waals surface area contributed by atoms with Crippen molar-refractivity contribution in [1.82, 2.24) is 14.1 Å².